The summed E-state index contributed by atoms with van der Waals surface area (Å²) < 4.78 is 0.901. The van der Waals surface area contributed by atoms with Crippen LogP contribution in [-0.4, -0.2) is 39.2 Å². The fraction of sp³-hybridized carbons (Fsp3) is 0.429. The Kier molecular flexibility index (Phi) is 5.16. The summed E-state index contributed by atoms with van der Waals surface area (Å²) in [7, 11) is 0. The van der Waals surface area contributed by atoms with Crippen molar-refractivity contribution in [3.05, 3.63) is 28.2 Å². The molecule has 5 nitrogen and oxygen atoms in total. The van der Waals surface area contributed by atoms with Gasteiger partial charge in [-0.3, -0.25) is 4.90 Å². The highest BCUT2D eigenvalue weighted by Crippen LogP contribution is 2.32. The van der Waals surface area contributed by atoms with Crippen molar-refractivity contribution in [3.63, 3.8) is 0 Å². The molecular formula is C14H17BrN2O3S. The summed E-state index contributed by atoms with van der Waals surface area (Å²) in [5.41, 5.74) is 1.60. The molecule has 0 saturated carbocycles. The first-order valence-electron chi connectivity index (χ1n) is 6.64. The topological polar surface area (TPSA) is 69.6 Å². The first-order chi connectivity index (χ1) is 9.95. The average Bonchev–Trinajstić information content (AvgIpc) is 2.88. The van der Waals surface area contributed by atoms with Gasteiger partial charge in [-0.05, 0) is 31.0 Å². The van der Waals surface area contributed by atoms with Crippen LogP contribution < -0.4 is 5.32 Å². The molecule has 1 saturated heterocycles. The van der Waals surface area contributed by atoms with E-state index in [1.54, 1.807) is 6.07 Å². The molecule has 1 aromatic rings. The van der Waals surface area contributed by atoms with Gasteiger partial charge in [0, 0.05) is 15.9 Å². The maximum Gasteiger partial charge on any atom is 0.327 e. The Morgan fingerprint density at radius 1 is 1.52 bits per heavy atom. The van der Waals surface area contributed by atoms with E-state index in [-0.39, 0.29) is 11.4 Å². The van der Waals surface area contributed by atoms with Crippen molar-refractivity contribution in [1.82, 2.24) is 4.90 Å². The number of benzene rings is 1. The number of nitrogens with one attached hydrogen (secondary N) is 1. The van der Waals surface area contributed by atoms with Crippen LogP contribution in [0, 0.1) is 6.92 Å². The third kappa shape index (κ3) is 3.35. The summed E-state index contributed by atoms with van der Waals surface area (Å²) in [6.45, 7) is 3.84. The lowest BCUT2D eigenvalue weighted by molar-refractivity contribution is -0.141. The maximum atomic E-state index is 12.5. The van der Waals surface area contributed by atoms with Gasteiger partial charge in [0.05, 0.1) is 5.37 Å². The van der Waals surface area contributed by atoms with E-state index in [1.165, 1.54) is 16.7 Å². The zero-order valence-electron chi connectivity index (χ0n) is 11.8. The van der Waals surface area contributed by atoms with Gasteiger partial charge in [0.25, 0.3) is 0 Å². The van der Waals surface area contributed by atoms with Crippen LogP contribution in [0.5, 0.6) is 0 Å². The van der Waals surface area contributed by atoms with E-state index in [4.69, 9.17) is 0 Å². The Hall–Kier alpha value is -1.21. The lowest BCUT2D eigenvalue weighted by Gasteiger charge is -2.27. The van der Waals surface area contributed by atoms with Crippen molar-refractivity contribution in [2.45, 2.75) is 31.7 Å². The molecular weight excluding hydrogens is 356 g/mol. The number of aliphatic carboxylic acids is 1. The number of thioether (sulfide) groups is 1. The van der Waals surface area contributed by atoms with Gasteiger partial charge in [0.15, 0.2) is 0 Å². The number of amides is 2. The standard InChI is InChI=1S/C14H17BrN2O3S/c1-3-12-17(11(7-21-12)13(18)19)14(20)16-10-6-4-5-9(15)8(10)2/h4-6,11-12H,3,7H2,1-2H3,(H,16,20)(H,18,19). The summed E-state index contributed by atoms with van der Waals surface area (Å²) in [6.07, 6.45) is 0.722. The van der Waals surface area contributed by atoms with Crippen LogP contribution in [0.4, 0.5) is 10.5 Å². The van der Waals surface area contributed by atoms with E-state index < -0.39 is 12.0 Å². The van der Waals surface area contributed by atoms with E-state index in [1.807, 2.05) is 26.0 Å². The number of carbonyl (C=O) groups is 2. The molecule has 21 heavy (non-hydrogen) atoms. The lowest BCUT2D eigenvalue weighted by atomic mass is 10.2. The average molecular weight is 373 g/mol. The molecule has 0 aliphatic carbocycles. The molecule has 1 fully saturated rings. The quantitative estimate of drug-likeness (QED) is 0.851. The summed E-state index contributed by atoms with van der Waals surface area (Å²) >= 11 is 4.93. The Morgan fingerprint density at radius 3 is 2.86 bits per heavy atom. The normalized spacial score (nSPS) is 21.4. The first kappa shape index (κ1) is 16.2. The van der Waals surface area contributed by atoms with E-state index >= 15 is 0 Å². The van der Waals surface area contributed by atoms with Gasteiger partial charge in [-0.2, -0.15) is 0 Å². The van der Waals surface area contributed by atoms with Gasteiger partial charge in [-0.15, -0.1) is 11.8 Å². The minimum Gasteiger partial charge on any atom is -0.480 e. The van der Waals surface area contributed by atoms with Gasteiger partial charge in [0.1, 0.15) is 6.04 Å². The Labute approximate surface area is 136 Å². The molecule has 114 valence electrons. The summed E-state index contributed by atoms with van der Waals surface area (Å²) in [5, 5.41) is 12.0. The molecule has 2 amide bonds. The number of nitrogens with zero attached hydrogens (tertiary/aromatic N) is 1. The predicted octanol–water partition coefficient (Wildman–Crippen LogP) is 3.53. The highest BCUT2D eigenvalue weighted by molar-refractivity contribution is 9.10. The number of carboxylic acids is 1. The second-order valence-electron chi connectivity index (χ2n) is 4.80. The van der Waals surface area contributed by atoms with Crippen molar-refractivity contribution in [2.24, 2.45) is 0 Å². The van der Waals surface area contributed by atoms with Crippen molar-refractivity contribution < 1.29 is 14.7 Å². The molecule has 2 rings (SSSR count). The number of halogens is 1. The molecule has 1 aliphatic heterocycles. The van der Waals surface area contributed by atoms with Crippen molar-refractivity contribution in [2.75, 3.05) is 11.1 Å². The van der Waals surface area contributed by atoms with Gasteiger partial charge in [-0.1, -0.05) is 28.9 Å². The molecule has 0 spiro atoms. The molecule has 1 aliphatic rings. The van der Waals surface area contributed by atoms with Gasteiger partial charge in [0.2, 0.25) is 0 Å². The summed E-state index contributed by atoms with van der Waals surface area (Å²) in [5.74, 6) is -0.529. The van der Waals surface area contributed by atoms with E-state index in [9.17, 15) is 14.7 Å². The summed E-state index contributed by atoms with van der Waals surface area (Å²) in [6, 6.07) is 4.40. The Bertz CT molecular complexity index is 567. The zero-order valence-corrected chi connectivity index (χ0v) is 14.2. The lowest BCUT2D eigenvalue weighted by Crippen LogP contribution is -2.47. The number of rotatable bonds is 3. The van der Waals surface area contributed by atoms with Crippen molar-refractivity contribution in [3.8, 4) is 0 Å². The van der Waals surface area contributed by atoms with E-state index in [2.05, 4.69) is 21.2 Å². The number of hydrogen-bond donors (Lipinski definition) is 2. The van der Waals surface area contributed by atoms with Crippen LogP contribution in [0.3, 0.4) is 0 Å². The first-order valence-corrected chi connectivity index (χ1v) is 8.48. The van der Waals surface area contributed by atoms with Crippen molar-refractivity contribution >= 4 is 45.4 Å². The Balaban J connectivity index is 2.21. The largest absolute Gasteiger partial charge is 0.480 e. The molecule has 0 radical (unpaired) electrons. The third-order valence-corrected chi connectivity index (χ3v) is 5.78. The third-order valence-electron chi connectivity index (χ3n) is 3.47. The monoisotopic (exact) mass is 372 g/mol. The van der Waals surface area contributed by atoms with Gasteiger partial charge < -0.3 is 10.4 Å². The van der Waals surface area contributed by atoms with Crippen LogP contribution >= 0.6 is 27.7 Å². The van der Waals surface area contributed by atoms with Crippen LogP contribution in [0.25, 0.3) is 0 Å². The van der Waals surface area contributed by atoms with Crippen LogP contribution in [0.2, 0.25) is 0 Å². The fourth-order valence-electron chi connectivity index (χ4n) is 2.26. The van der Waals surface area contributed by atoms with Crippen LogP contribution in [0.15, 0.2) is 22.7 Å². The summed E-state index contributed by atoms with van der Waals surface area (Å²) in [4.78, 5) is 25.2. The second kappa shape index (κ2) is 6.70. The minimum absolute atomic E-state index is 0.0986. The van der Waals surface area contributed by atoms with Gasteiger partial charge in [-0.25, -0.2) is 9.59 Å². The van der Waals surface area contributed by atoms with Crippen LogP contribution in [0.1, 0.15) is 18.9 Å². The highest BCUT2D eigenvalue weighted by atomic mass is 79.9. The molecule has 2 atom stereocenters. The van der Waals surface area contributed by atoms with E-state index in [0.29, 0.717) is 11.4 Å². The Morgan fingerprint density at radius 2 is 2.24 bits per heavy atom. The zero-order chi connectivity index (χ0) is 15.6. The number of carboxylic acid groups (broad SMARTS) is 1. The second-order valence-corrected chi connectivity index (χ2v) is 6.87. The number of hydrogen-bond acceptors (Lipinski definition) is 3. The number of carbonyl (C=O) groups excluding carboxylic acids is 1. The molecule has 0 bridgehead atoms. The SMILES string of the molecule is CCC1SCC(C(=O)O)N1C(=O)Nc1cccc(Br)c1C. The smallest absolute Gasteiger partial charge is 0.327 e. The van der Waals surface area contributed by atoms with Crippen LogP contribution in [-0.2, 0) is 4.79 Å². The highest BCUT2D eigenvalue weighted by Gasteiger charge is 2.40. The predicted molar refractivity (Wildman–Crippen MR) is 87.7 cm³/mol. The van der Waals surface area contributed by atoms with E-state index in [0.717, 1.165) is 16.5 Å². The molecule has 1 aromatic carbocycles. The molecule has 1 heterocycles. The molecule has 2 unspecified atom stereocenters. The van der Waals surface area contributed by atoms with Crippen molar-refractivity contribution in [1.29, 1.82) is 0 Å². The number of urea groups is 1. The fourth-order valence-corrected chi connectivity index (χ4v) is 3.98. The number of anilines is 1. The molecule has 0 aromatic heterocycles. The molecule has 2 N–H and O–H groups in total. The maximum absolute atomic E-state index is 12.5. The van der Waals surface area contributed by atoms with Gasteiger partial charge >= 0.3 is 12.0 Å². The molecule has 7 heteroatoms. The minimum atomic E-state index is -0.959.